The van der Waals surface area contributed by atoms with Gasteiger partial charge in [0.2, 0.25) is 5.95 Å². The molecule has 0 fully saturated rings. The largest absolute Gasteiger partial charge is 0.497 e. The molecule has 0 amide bonds. The van der Waals surface area contributed by atoms with E-state index in [1.54, 1.807) is 27.7 Å². The van der Waals surface area contributed by atoms with Crippen molar-refractivity contribution in [2.24, 2.45) is 0 Å². The molecular formula is C27H24N4O4. The smallest absolute Gasteiger partial charge is 0.226 e. The molecule has 0 aliphatic carbocycles. The number of benzene rings is 3. The van der Waals surface area contributed by atoms with Gasteiger partial charge < -0.3 is 24.3 Å². The number of rotatable bonds is 5. The van der Waals surface area contributed by atoms with Crippen molar-refractivity contribution < 1.29 is 18.9 Å². The van der Waals surface area contributed by atoms with Crippen molar-refractivity contribution in [1.29, 1.82) is 0 Å². The first-order valence-electron chi connectivity index (χ1n) is 11.2. The van der Waals surface area contributed by atoms with E-state index in [0.717, 1.165) is 39.5 Å². The molecule has 3 aromatic carbocycles. The molecule has 0 saturated carbocycles. The van der Waals surface area contributed by atoms with Crippen LogP contribution in [0.25, 0.3) is 5.70 Å². The van der Waals surface area contributed by atoms with Crippen LogP contribution in [0.2, 0.25) is 0 Å². The minimum Gasteiger partial charge on any atom is -0.497 e. The summed E-state index contributed by atoms with van der Waals surface area (Å²) in [7, 11) is 4.93. The monoisotopic (exact) mass is 468 g/mol. The molecule has 0 spiro atoms. The Kier molecular flexibility index (Phi) is 5.06. The second kappa shape index (κ2) is 8.39. The number of nitrogens with zero attached hydrogens (tertiary/aromatic N) is 3. The number of anilines is 1. The number of methoxy groups -OCH3 is 3. The summed E-state index contributed by atoms with van der Waals surface area (Å²) in [6, 6.07) is 21.6. The quantitative estimate of drug-likeness (QED) is 0.448. The molecule has 0 radical (unpaired) electrons. The maximum Gasteiger partial charge on any atom is 0.226 e. The lowest BCUT2D eigenvalue weighted by Crippen LogP contribution is -2.32. The van der Waals surface area contributed by atoms with E-state index >= 15 is 0 Å². The summed E-state index contributed by atoms with van der Waals surface area (Å²) in [5, 5.41) is 8.09. The second-order valence-electron chi connectivity index (χ2n) is 8.27. The zero-order valence-electron chi connectivity index (χ0n) is 19.6. The minimum atomic E-state index is -0.391. The van der Waals surface area contributed by atoms with Gasteiger partial charge in [-0.15, -0.1) is 0 Å². The van der Waals surface area contributed by atoms with Crippen LogP contribution in [0.5, 0.6) is 23.0 Å². The van der Waals surface area contributed by atoms with Crippen molar-refractivity contribution in [1.82, 2.24) is 14.8 Å². The fourth-order valence-electron chi connectivity index (χ4n) is 4.84. The van der Waals surface area contributed by atoms with Crippen LogP contribution in [-0.2, 0) is 0 Å². The summed E-state index contributed by atoms with van der Waals surface area (Å²) in [5.74, 6) is 3.52. The molecule has 0 saturated heterocycles. The normalized spacial score (nSPS) is 17.9. The van der Waals surface area contributed by atoms with Gasteiger partial charge in [0.05, 0.1) is 27.0 Å². The molecule has 3 heterocycles. The summed E-state index contributed by atoms with van der Waals surface area (Å²) < 4.78 is 25.2. The highest BCUT2D eigenvalue weighted by Crippen LogP contribution is 2.51. The first-order valence-corrected chi connectivity index (χ1v) is 11.2. The molecule has 0 bridgehead atoms. The molecule has 2 aliphatic rings. The van der Waals surface area contributed by atoms with Crippen molar-refractivity contribution in [2.45, 2.75) is 12.1 Å². The van der Waals surface area contributed by atoms with Crippen molar-refractivity contribution in [2.75, 3.05) is 26.6 Å². The van der Waals surface area contributed by atoms with Crippen molar-refractivity contribution >= 4 is 11.6 Å². The minimum absolute atomic E-state index is 0.298. The molecular weight excluding hydrogens is 444 g/mol. The van der Waals surface area contributed by atoms with E-state index in [0.29, 0.717) is 17.4 Å². The third-order valence-corrected chi connectivity index (χ3v) is 6.44. The number of para-hydroxylation sites is 1. The molecule has 1 N–H and O–H groups in total. The van der Waals surface area contributed by atoms with E-state index in [2.05, 4.69) is 21.5 Å². The Bertz CT molecular complexity index is 1440. The van der Waals surface area contributed by atoms with Gasteiger partial charge >= 0.3 is 0 Å². The van der Waals surface area contributed by atoms with Crippen LogP contribution in [-0.4, -0.2) is 36.1 Å². The van der Waals surface area contributed by atoms with E-state index < -0.39 is 6.10 Å². The number of ether oxygens (including phenoxy) is 4. The third kappa shape index (κ3) is 3.37. The molecule has 8 nitrogen and oxygen atoms in total. The van der Waals surface area contributed by atoms with Crippen molar-refractivity contribution in [3.05, 3.63) is 95.3 Å². The number of hydrogen-bond acceptors (Lipinski definition) is 7. The van der Waals surface area contributed by atoms with Crippen LogP contribution < -0.4 is 24.3 Å². The lowest BCUT2D eigenvalue weighted by atomic mass is 9.84. The van der Waals surface area contributed by atoms with Crippen LogP contribution in [0, 0.1) is 0 Å². The molecule has 35 heavy (non-hydrogen) atoms. The van der Waals surface area contributed by atoms with Crippen LogP contribution in [0.1, 0.15) is 28.8 Å². The SMILES string of the molecule is COc1cccc([C@H]2Oc3ccccc3C3=C2[C@@H](c2ccc(OC)c(OC)c2)n2ncnc2N3)c1. The van der Waals surface area contributed by atoms with Gasteiger partial charge in [0.15, 0.2) is 11.5 Å². The Morgan fingerprint density at radius 3 is 2.54 bits per heavy atom. The Morgan fingerprint density at radius 1 is 0.857 bits per heavy atom. The highest BCUT2D eigenvalue weighted by atomic mass is 16.5. The molecule has 6 rings (SSSR count). The summed E-state index contributed by atoms with van der Waals surface area (Å²) in [6.07, 6.45) is 1.17. The van der Waals surface area contributed by atoms with E-state index in [4.69, 9.17) is 18.9 Å². The maximum atomic E-state index is 6.66. The van der Waals surface area contributed by atoms with Gasteiger partial charge in [0, 0.05) is 16.7 Å². The first kappa shape index (κ1) is 21.1. The fraction of sp³-hybridized carbons (Fsp3) is 0.185. The Hall–Kier alpha value is -4.46. The molecule has 2 aliphatic heterocycles. The molecule has 2 atom stereocenters. The van der Waals surface area contributed by atoms with E-state index in [1.807, 2.05) is 65.3 Å². The standard InChI is InChI=1S/C27H24N4O4/c1-32-18-8-6-7-17(13-18)26-23-24(19-9-4-5-10-20(19)35-26)30-27-28-15-29-31(27)25(23)16-11-12-21(33-2)22(14-16)34-3/h4-15,25-26H,1-3H3,(H,28,29,30)/t25-,26-/m1/s1. The van der Waals surface area contributed by atoms with Gasteiger partial charge in [0.25, 0.3) is 0 Å². The number of hydrogen-bond donors (Lipinski definition) is 1. The summed E-state index contributed by atoms with van der Waals surface area (Å²) in [4.78, 5) is 4.49. The van der Waals surface area contributed by atoms with Crippen LogP contribution in [0.3, 0.4) is 0 Å². The first-order chi connectivity index (χ1) is 17.2. The lowest BCUT2D eigenvalue weighted by Gasteiger charge is -2.39. The molecule has 1 aromatic heterocycles. The zero-order chi connectivity index (χ0) is 23.9. The van der Waals surface area contributed by atoms with Crippen molar-refractivity contribution in [3.8, 4) is 23.0 Å². The van der Waals surface area contributed by atoms with Crippen LogP contribution in [0.4, 0.5) is 5.95 Å². The summed E-state index contributed by atoms with van der Waals surface area (Å²) in [5.41, 5.74) is 4.89. The molecule has 176 valence electrons. The van der Waals surface area contributed by atoms with Crippen LogP contribution in [0.15, 0.2) is 78.6 Å². The number of nitrogens with one attached hydrogen (secondary N) is 1. The fourth-order valence-corrected chi connectivity index (χ4v) is 4.84. The average molecular weight is 469 g/mol. The third-order valence-electron chi connectivity index (χ3n) is 6.44. The van der Waals surface area contributed by atoms with Gasteiger partial charge in [-0.25, -0.2) is 4.68 Å². The van der Waals surface area contributed by atoms with Gasteiger partial charge in [0.1, 0.15) is 30.0 Å². The van der Waals surface area contributed by atoms with Gasteiger partial charge in [-0.1, -0.05) is 30.3 Å². The van der Waals surface area contributed by atoms with E-state index in [9.17, 15) is 0 Å². The van der Waals surface area contributed by atoms with Crippen molar-refractivity contribution in [3.63, 3.8) is 0 Å². The molecule has 0 unspecified atom stereocenters. The van der Waals surface area contributed by atoms with Crippen LogP contribution >= 0.6 is 0 Å². The topological polar surface area (TPSA) is 79.7 Å². The Labute approximate surface area is 202 Å². The van der Waals surface area contributed by atoms with Gasteiger partial charge in [-0.2, -0.15) is 10.1 Å². The Morgan fingerprint density at radius 2 is 1.71 bits per heavy atom. The number of aromatic nitrogens is 3. The summed E-state index contributed by atoms with van der Waals surface area (Å²) in [6.45, 7) is 0. The van der Waals surface area contributed by atoms with Gasteiger partial charge in [-0.3, -0.25) is 0 Å². The average Bonchev–Trinajstić information content (AvgIpc) is 3.39. The molecule has 8 heteroatoms. The predicted molar refractivity (Wildman–Crippen MR) is 131 cm³/mol. The second-order valence-corrected chi connectivity index (χ2v) is 8.27. The Balaban J connectivity index is 1.61. The van der Waals surface area contributed by atoms with E-state index in [1.165, 1.54) is 0 Å². The molecule has 4 aromatic rings. The number of fused-ring (bicyclic) bond motifs is 3. The van der Waals surface area contributed by atoms with E-state index in [-0.39, 0.29) is 6.04 Å². The summed E-state index contributed by atoms with van der Waals surface area (Å²) >= 11 is 0. The predicted octanol–water partition coefficient (Wildman–Crippen LogP) is 4.86. The lowest BCUT2D eigenvalue weighted by molar-refractivity contribution is 0.222. The zero-order valence-corrected chi connectivity index (χ0v) is 19.6. The highest BCUT2D eigenvalue weighted by molar-refractivity contribution is 5.85. The highest BCUT2D eigenvalue weighted by Gasteiger charge is 2.41. The van der Waals surface area contributed by atoms with Gasteiger partial charge in [-0.05, 0) is 42.0 Å². The maximum absolute atomic E-state index is 6.66.